The largest absolute Gasteiger partial charge is 0.504 e. The number of benzene rings is 1. The molecule has 0 saturated carbocycles. The van der Waals surface area contributed by atoms with Crippen LogP contribution in [0.4, 0.5) is 0 Å². The van der Waals surface area contributed by atoms with Gasteiger partial charge in [-0.2, -0.15) is 0 Å². The van der Waals surface area contributed by atoms with E-state index in [2.05, 4.69) is 4.99 Å². The Balaban J connectivity index is 1.80. The summed E-state index contributed by atoms with van der Waals surface area (Å²) in [5, 5.41) is 21.5. The predicted molar refractivity (Wildman–Crippen MR) is 165 cm³/mol. The van der Waals surface area contributed by atoms with Crippen LogP contribution < -0.4 is 16.2 Å². The monoisotopic (exact) mass is 610 g/mol. The smallest absolute Gasteiger partial charge is 0.302 e. The second-order valence-electron chi connectivity index (χ2n) is 11.1. The number of rotatable bonds is 3. The van der Waals surface area contributed by atoms with Gasteiger partial charge in [0.05, 0.1) is 19.3 Å². The number of methoxy groups -OCH3 is 1. The molecule has 0 aliphatic carbocycles. The third-order valence-electron chi connectivity index (χ3n) is 7.51. The van der Waals surface area contributed by atoms with Crippen LogP contribution in [0.5, 0.6) is 11.5 Å². The topological polar surface area (TPSA) is 161 Å². The number of phenolic OH excluding ortho intramolecular Hbond substituents is 1. The molecule has 1 aromatic carbocycles. The number of aliphatic hydroxyl groups excluding tert-OH is 1. The summed E-state index contributed by atoms with van der Waals surface area (Å²) in [6.07, 6.45) is 6.45. The van der Waals surface area contributed by atoms with Crippen molar-refractivity contribution in [3.8, 4) is 11.5 Å². The Morgan fingerprint density at radius 1 is 1.12 bits per heavy atom. The molecule has 2 heterocycles. The number of fused-ring (bicyclic) bond motifs is 4. The number of guanidine groups is 1. The zero-order valence-electron chi connectivity index (χ0n) is 24.3. The van der Waals surface area contributed by atoms with Gasteiger partial charge < -0.3 is 36.1 Å². The number of aliphatic hydroxyl groups is 1. The third-order valence-corrected chi connectivity index (χ3v) is 10.1. The van der Waals surface area contributed by atoms with Crippen LogP contribution in [0.25, 0.3) is 0 Å². The number of aliphatic imine (C=N–C) groups is 1. The molecule has 2 aliphatic heterocycles. The standard InChI is InChI=1S/C29H46N4O6S2/c1-19(34)39-25-9-8-20-11-22(28(37)26(13-20)38-2)17-33-16-21(14-27(33)36)12-23(32-29(30)31)18-41-40-10-6-4-3-5-7-24(35)15-25/h11,13,21,23-25,35,37H,3-10,12,14-18H2,1-2H3,(H4,30,31,32). The van der Waals surface area contributed by atoms with Crippen LogP contribution in [-0.2, 0) is 27.3 Å². The first kappa shape index (κ1) is 33.2. The fraction of sp³-hybridized carbons (Fsp3) is 0.690. The van der Waals surface area contributed by atoms with Crippen LogP contribution >= 0.6 is 21.6 Å². The maximum atomic E-state index is 13.0. The lowest BCUT2D eigenvalue weighted by atomic mass is 9.98. The van der Waals surface area contributed by atoms with Gasteiger partial charge in [-0.1, -0.05) is 46.9 Å². The quantitative estimate of drug-likeness (QED) is 0.172. The highest BCUT2D eigenvalue weighted by Crippen LogP contribution is 2.35. The van der Waals surface area contributed by atoms with Crippen molar-refractivity contribution in [3.05, 3.63) is 23.3 Å². The molecule has 4 unspecified atom stereocenters. The van der Waals surface area contributed by atoms with Crippen molar-refractivity contribution in [2.45, 2.75) is 95.9 Å². The van der Waals surface area contributed by atoms with Gasteiger partial charge in [-0.05, 0) is 49.7 Å². The summed E-state index contributed by atoms with van der Waals surface area (Å²) in [5.41, 5.74) is 12.9. The number of nitrogens with zero attached hydrogens (tertiary/aromatic N) is 2. The lowest BCUT2D eigenvalue weighted by Crippen LogP contribution is -2.28. The zero-order valence-corrected chi connectivity index (χ0v) is 25.9. The Morgan fingerprint density at radius 3 is 2.63 bits per heavy atom. The molecule has 0 radical (unpaired) electrons. The van der Waals surface area contributed by atoms with Gasteiger partial charge in [-0.15, -0.1) is 0 Å². The van der Waals surface area contributed by atoms with Crippen LogP contribution in [0, 0.1) is 5.92 Å². The number of esters is 1. The average Bonchev–Trinajstić information content (AvgIpc) is 3.24. The number of amides is 1. The third kappa shape index (κ3) is 11.5. The molecule has 0 spiro atoms. The highest BCUT2D eigenvalue weighted by Gasteiger charge is 2.32. The van der Waals surface area contributed by atoms with E-state index in [1.54, 1.807) is 21.8 Å². The number of phenols is 1. The summed E-state index contributed by atoms with van der Waals surface area (Å²) in [6.45, 7) is 2.20. The summed E-state index contributed by atoms with van der Waals surface area (Å²) >= 11 is 0. The number of carbonyl (C=O) groups excluding carboxylic acids is 2. The molecule has 10 nitrogen and oxygen atoms in total. The normalized spacial score (nSPS) is 25.7. The number of aryl methyl sites for hydroxylation is 1. The minimum atomic E-state index is -0.544. The predicted octanol–water partition coefficient (Wildman–Crippen LogP) is 3.74. The van der Waals surface area contributed by atoms with E-state index >= 15 is 0 Å². The number of nitrogens with two attached hydrogens (primary N) is 2. The van der Waals surface area contributed by atoms with Crippen LogP contribution in [0.3, 0.4) is 0 Å². The van der Waals surface area contributed by atoms with E-state index < -0.39 is 12.2 Å². The maximum Gasteiger partial charge on any atom is 0.302 e. The Kier molecular flexibility index (Phi) is 13.7. The van der Waals surface area contributed by atoms with Crippen molar-refractivity contribution in [2.24, 2.45) is 22.4 Å². The van der Waals surface area contributed by atoms with Crippen molar-refractivity contribution < 1.29 is 29.3 Å². The summed E-state index contributed by atoms with van der Waals surface area (Å²) < 4.78 is 11.0. The Morgan fingerprint density at radius 2 is 1.90 bits per heavy atom. The van der Waals surface area contributed by atoms with Gasteiger partial charge in [0.2, 0.25) is 5.91 Å². The molecule has 1 aromatic rings. The van der Waals surface area contributed by atoms with E-state index in [-0.39, 0.29) is 42.1 Å². The molecule has 2 aliphatic rings. The van der Waals surface area contributed by atoms with Crippen LogP contribution in [0.15, 0.2) is 17.1 Å². The molecular formula is C29H46N4O6S2. The second kappa shape index (κ2) is 17.0. The molecule has 4 bridgehead atoms. The van der Waals surface area contributed by atoms with Crippen LogP contribution in [-0.4, -0.2) is 76.4 Å². The average molecular weight is 611 g/mol. The number of aromatic hydroxyl groups is 1. The minimum Gasteiger partial charge on any atom is -0.504 e. The van der Waals surface area contributed by atoms with Gasteiger partial charge in [-0.3, -0.25) is 9.59 Å². The maximum absolute atomic E-state index is 13.0. The van der Waals surface area contributed by atoms with Gasteiger partial charge in [0.25, 0.3) is 0 Å². The summed E-state index contributed by atoms with van der Waals surface area (Å²) in [5.74, 6) is 1.97. The van der Waals surface area contributed by atoms with Crippen molar-refractivity contribution in [3.63, 3.8) is 0 Å². The molecule has 1 fully saturated rings. The van der Waals surface area contributed by atoms with Gasteiger partial charge in [0.1, 0.15) is 6.10 Å². The summed E-state index contributed by atoms with van der Waals surface area (Å²) in [6, 6.07) is 3.58. The second-order valence-corrected chi connectivity index (χ2v) is 13.7. The Labute approximate surface area is 251 Å². The first-order chi connectivity index (χ1) is 19.6. The van der Waals surface area contributed by atoms with Crippen molar-refractivity contribution in [1.82, 2.24) is 4.90 Å². The molecular weight excluding hydrogens is 564 g/mol. The van der Waals surface area contributed by atoms with E-state index in [0.717, 1.165) is 42.8 Å². The first-order valence-corrected chi connectivity index (χ1v) is 17.0. The van der Waals surface area contributed by atoms with E-state index in [4.69, 9.17) is 20.9 Å². The number of hydrogen-bond acceptors (Lipinski definition) is 9. The SMILES string of the molecule is COc1cc2cc(c1O)CN1CC(CC1=O)CC(N=C(N)N)CSSCCCCCCC(O)CC(OC(C)=O)CC2. The summed E-state index contributed by atoms with van der Waals surface area (Å²) in [7, 11) is 5.06. The van der Waals surface area contributed by atoms with Gasteiger partial charge in [0.15, 0.2) is 17.5 Å². The van der Waals surface area contributed by atoms with Crippen molar-refractivity contribution in [1.29, 1.82) is 0 Å². The number of ether oxygens (including phenoxy) is 2. The lowest BCUT2D eigenvalue weighted by molar-refractivity contribution is -0.148. The highest BCUT2D eigenvalue weighted by molar-refractivity contribution is 8.76. The Hall–Kier alpha value is -2.31. The number of hydrogen-bond donors (Lipinski definition) is 4. The van der Waals surface area contributed by atoms with Crippen LogP contribution in [0.1, 0.15) is 75.8 Å². The molecule has 230 valence electrons. The molecule has 1 saturated heterocycles. The van der Waals surface area contributed by atoms with Crippen molar-refractivity contribution in [2.75, 3.05) is 25.2 Å². The van der Waals surface area contributed by atoms with Gasteiger partial charge in [0, 0.05) is 49.9 Å². The minimum absolute atomic E-state index is 0.0109. The molecule has 41 heavy (non-hydrogen) atoms. The first-order valence-electron chi connectivity index (χ1n) is 14.5. The molecule has 12 heteroatoms. The van der Waals surface area contributed by atoms with E-state index in [1.165, 1.54) is 14.0 Å². The molecule has 1 amide bonds. The zero-order chi connectivity index (χ0) is 29.8. The lowest BCUT2D eigenvalue weighted by Gasteiger charge is -2.22. The Bertz CT molecular complexity index is 1040. The highest BCUT2D eigenvalue weighted by atomic mass is 33.1. The van der Waals surface area contributed by atoms with E-state index in [0.29, 0.717) is 56.4 Å². The van der Waals surface area contributed by atoms with Crippen LogP contribution in [0.2, 0.25) is 0 Å². The van der Waals surface area contributed by atoms with Gasteiger partial charge in [-0.25, -0.2) is 4.99 Å². The fourth-order valence-electron chi connectivity index (χ4n) is 5.56. The van der Waals surface area contributed by atoms with Gasteiger partial charge >= 0.3 is 5.97 Å². The molecule has 3 rings (SSSR count). The number of carbonyl (C=O) groups is 2. The molecule has 0 aromatic heterocycles. The molecule has 4 atom stereocenters. The van der Waals surface area contributed by atoms with Crippen molar-refractivity contribution >= 4 is 39.4 Å². The summed E-state index contributed by atoms with van der Waals surface area (Å²) in [4.78, 5) is 31.0. The molecule has 6 N–H and O–H groups in total. The van der Waals surface area contributed by atoms with E-state index in [9.17, 15) is 19.8 Å². The fourth-order valence-corrected chi connectivity index (χ4v) is 7.93. The van der Waals surface area contributed by atoms with E-state index in [1.807, 2.05) is 16.9 Å².